The van der Waals surface area contributed by atoms with E-state index < -0.39 is 0 Å². The Morgan fingerprint density at radius 1 is 1.00 bits per heavy atom. The van der Waals surface area contributed by atoms with E-state index in [1.165, 1.54) is 35.5 Å². The Morgan fingerprint density at radius 2 is 1.89 bits per heavy atom. The van der Waals surface area contributed by atoms with Gasteiger partial charge in [0.05, 0.1) is 0 Å². The summed E-state index contributed by atoms with van der Waals surface area (Å²) in [5.41, 5.74) is 1.05. The minimum atomic E-state index is 1.05. The SMILES string of the molecule is C1C2C3C2C3C2C3CC132. The molecule has 0 heterocycles. The molecule has 0 nitrogen and oxygen atoms in total. The zero-order chi connectivity index (χ0) is 5.38. The lowest BCUT2D eigenvalue weighted by Crippen LogP contribution is -2.19. The van der Waals surface area contributed by atoms with Gasteiger partial charge in [-0.15, -0.1) is 0 Å². The molecule has 0 amide bonds. The lowest BCUT2D eigenvalue weighted by Gasteiger charge is -2.25. The van der Waals surface area contributed by atoms with Gasteiger partial charge in [0.1, 0.15) is 0 Å². The molecule has 0 N–H and O–H groups in total. The maximum absolute atomic E-state index is 1.69. The van der Waals surface area contributed by atoms with Crippen molar-refractivity contribution in [2.75, 3.05) is 0 Å². The normalized spacial score (nSPS) is 98.7. The van der Waals surface area contributed by atoms with Crippen molar-refractivity contribution in [3.05, 3.63) is 0 Å². The summed E-state index contributed by atoms with van der Waals surface area (Å²) in [7, 11) is 0. The first-order valence-electron chi connectivity index (χ1n) is 4.43. The Kier molecular flexibility index (Phi) is 0.220. The Labute approximate surface area is 54.6 Å². The highest BCUT2D eigenvalue weighted by Crippen LogP contribution is 2.99. The van der Waals surface area contributed by atoms with Gasteiger partial charge >= 0.3 is 0 Å². The first kappa shape index (κ1) is 3.41. The fourth-order valence-electron chi connectivity index (χ4n) is 4.52. The van der Waals surface area contributed by atoms with Crippen LogP contribution in [0.15, 0.2) is 0 Å². The van der Waals surface area contributed by atoms with Crippen molar-refractivity contribution in [1.29, 1.82) is 0 Å². The molecule has 0 radical (unpaired) electrons. The van der Waals surface area contributed by atoms with Gasteiger partial charge in [-0.1, -0.05) is 0 Å². The molecule has 0 aromatic carbocycles. The molecule has 5 saturated carbocycles. The van der Waals surface area contributed by atoms with E-state index in [0.717, 1.165) is 5.41 Å². The van der Waals surface area contributed by atoms with E-state index in [1.807, 2.05) is 0 Å². The molecule has 5 aliphatic rings. The number of hydrogen-bond acceptors (Lipinski definition) is 0. The molecule has 5 unspecified atom stereocenters. The van der Waals surface area contributed by atoms with Crippen LogP contribution in [0.4, 0.5) is 0 Å². The number of fused-ring (bicyclic) bond motifs is 4. The van der Waals surface area contributed by atoms with Gasteiger partial charge in [-0.3, -0.25) is 0 Å². The molecule has 0 aromatic heterocycles. The van der Waals surface area contributed by atoms with Crippen molar-refractivity contribution in [2.24, 2.45) is 40.9 Å². The van der Waals surface area contributed by atoms with E-state index in [-0.39, 0.29) is 0 Å². The highest BCUT2D eigenvalue weighted by atomic mass is 15.0. The van der Waals surface area contributed by atoms with Gasteiger partial charge in [0.15, 0.2) is 0 Å². The first-order valence-corrected chi connectivity index (χ1v) is 4.43. The molecule has 1 spiro atoms. The van der Waals surface area contributed by atoms with Crippen LogP contribution in [-0.4, -0.2) is 0 Å². The lowest BCUT2D eigenvalue weighted by molar-refractivity contribution is 0.231. The molecular weight excluding hydrogens is 108 g/mol. The number of hydrogen-bond donors (Lipinski definition) is 0. The predicted octanol–water partition coefficient (Wildman–Crippen LogP) is 1.52. The third kappa shape index (κ3) is 0.163. The standard InChI is InChI=1S/C9H10/c1-3-5-6(3)7(5)8-4-2-9(1,4)8/h3-8H,1-2H2. The van der Waals surface area contributed by atoms with Crippen LogP contribution >= 0.6 is 0 Å². The second-order valence-electron chi connectivity index (χ2n) is 5.17. The topological polar surface area (TPSA) is 0 Å². The monoisotopic (exact) mass is 118 g/mol. The van der Waals surface area contributed by atoms with E-state index in [0.29, 0.717) is 0 Å². The molecule has 0 bridgehead atoms. The minimum Gasteiger partial charge on any atom is -0.0436 e. The molecule has 9 heavy (non-hydrogen) atoms. The van der Waals surface area contributed by atoms with Gasteiger partial charge in [0, 0.05) is 0 Å². The van der Waals surface area contributed by atoms with Crippen LogP contribution < -0.4 is 0 Å². The van der Waals surface area contributed by atoms with Crippen molar-refractivity contribution in [3.8, 4) is 0 Å². The quantitative estimate of drug-likeness (QED) is 0.452. The van der Waals surface area contributed by atoms with E-state index in [1.54, 1.807) is 12.8 Å². The van der Waals surface area contributed by atoms with Crippen molar-refractivity contribution in [1.82, 2.24) is 0 Å². The van der Waals surface area contributed by atoms with Crippen molar-refractivity contribution >= 4 is 0 Å². The maximum atomic E-state index is 1.69. The van der Waals surface area contributed by atoms with Gasteiger partial charge < -0.3 is 0 Å². The average Bonchev–Trinajstić information content (AvgIpc) is 2.61. The molecule has 5 aliphatic carbocycles. The second-order valence-corrected chi connectivity index (χ2v) is 5.17. The Bertz CT molecular complexity index is 234. The van der Waals surface area contributed by atoms with Crippen LogP contribution in [0.5, 0.6) is 0 Å². The fraction of sp³-hybridized carbons (Fsp3) is 1.00. The summed E-state index contributed by atoms with van der Waals surface area (Å²) in [5.74, 6) is 7.85. The molecule has 5 atom stereocenters. The highest BCUT2D eigenvalue weighted by molar-refractivity contribution is 5.42. The zero-order valence-electron chi connectivity index (χ0n) is 5.38. The molecule has 5 fully saturated rings. The molecule has 0 aromatic rings. The Hall–Kier alpha value is 0. The third-order valence-corrected chi connectivity index (χ3v) is 5.24. The summed E-state index contributed by atoms with van der Waals surface area (Å²) >= 11 is 0. The van der Waals surface area contributed by atoms with E-state index in [2.05, 4.69) is 0 Å². The molecule has 0 aliphatic heterocycles. The summed E-state index contributed by atoms with van der Waals surface area (Å²) in [6.07, 6.45) is 3.35. The van der Waals surface area contributed by atoms with Gasteiger partial charge in [-0.05, 0) is 53.8 Å². The van der Waals surface area contributed by atoms with Crippen molar-refractivity contribution < 1.29 is 0 Å². The first-order chi connectivity index (χ1) is 4.43. The van der Waals surface area contributed by atoms with Crippen molar-refractivity contribution in [2.45, 2.75) is 12.8 Å². The van der Waals surface area contributed by atoms with E-state index >= 15 is 0 Å². The summed E-state index contributed by atoms with van der Waals surface area (Å²) in [5, 5.41) is 0. The van der Waals surface area contributed by atoms with Crippen LogP contribution in [0.3, 0.4) is 0 Å². The Balaban J connectivity index is 1.80. The van der Waals surface area contributed by atoms with Gasteiger partial charge in [-0.25, -0.2) is 0 Å². The average molecular weight is 118 g/mol. The van der Waals surface area contributed by atoms with Crippen LogP contribution in [0.2, 0.25) is 0 Å². The largest absolute Gasteiger partial charge is 0.0436 e. The molecular formula is C9H10. The van der Waals surface area contributed by atoms with Gasteiger partial charge in [0.25, 0.3) is 0 Å². The second kappa shape index (κ2) is 0.580. The predicted molar refractivity (Wildman–Crippen MR) is 32.6 cm³/mol. The van der Waals surface area contributed by atoms with Gasteiger partial charge in [-0.2, -0.15) is 0 Å². The Morgan fingerprint density at radius 3 is 2.44 bits per heavy atom. The summed E-state index contributed by atoms with van der Waals surface area (Å²) in [6.45, 7) is 0. The number of rotatable bonds is 0. The van der Waals surface area contributed by atoms with E-state index in [4.69, 9.17) is 0 Å². The third-order valence-electron chi connectivity index (χ3n) is 5.24. The molecule has 5 rings (SSSR count). The highest BCUT2D eigenvalue weighted by Gasteiger charge is 2.94. The molecule has 46 valence electrons. The van der Waals surface area contributed by atoms with Crippen molar-refractivity contribution in [3.63, 3.8) is 0 Å². The fourth-order valence-corrected chi connectivity index (χ4v) is 4.52. The van der Waals surface area contributed by atoms with Crippen LogP contribution in [0.25, 0.3) is 0 Å². The summed E-state index contributed by atoms with van der Waals surface area (Å²) in [6, 6.07) is 0. The zero-order valence-corrected chi connectivity index (χ0v) is 5.38. The molecule has 0 saturated heterocycles. The van der Waals surface area contributed by atoms with Crippen LogP contribution in [0, 0.1) is 40.9 Å². The van der Waals surface area contributed by atoms with Crippen LogP contribution in [0.1, 0.15) is 12.8 Å². The minimum absolute atomic E-state index is 1.05. The molecule has 0 heteroatoms. The lowest BCUT2D eigenvalue weighted by atomic mass is 9.80. The summed E-state index contributed by atoms with van der Waals surface area (Å²) in [4.78, 5) is 0. The smallest absolute Gasteiger partial charge is 0.0226 e. The van der Waals surface area contributed by atoms with E-state index in [9.17, 15) is 0 Å². The summed E-state index contributed by atoms with van der Waals surface area (Å²) < 4.78 is 0. The van der Waals surface area contributed by atoms with Crippen LogP contribution in [-0.2, 0) is 0 Å². The maximum Gasteiger partial charge on any atom is -0.0226 e. The van der Waals surface area contributed by atoms with Gasteiger partial charge in [0.2, 0.25) is 0 Å².